The van der Waals surface area contributed by atoms with Crippen LogP contribution in [0.2, 0.25) is 0 Å². The molecule has 0 spiro atoms. The van der Waals surface area contributed by atoms with E-state index < -0.39 is 0 Å². The quantitative estimate of drug-likeness (QED) is 0.938. The van der Waals surface area contributed by atoms with Crippen molar-refractivity contribution in [2.75, 3.05) is 14.2 Å². The number of ether oxygens (including phenoxy) is 3. The third kappa shape index (κ3) is 2.61. The molecular weight excluding hydrogens is 268 g/mol. The zero-order valence-corrected chi connectivity index (χ0v) is 12.1. The highest BCUT2D eigenvalue weighted by Crippen LogP contribution is 2.42. The van der Waals surface area contributed by atoms with Gasteiger partial charge in [0, 0.05) is 17.7 Å². The lowest BCUT2D eigenvalue weighted by molar-refractivity contribution is 0.173. The Kier molecular flexibility index (Phi) is 3.60. The van der Waals surface area contributed by atoms with Gasteiger partial charge in [-0.3, -0.25) is 0 Å². The maximum Gasteiger partial charge on any atom is 0.130 e. The maximum atomic E-state index is 9.75. The number of hydrogen-bond acceptors (Lipinski definition) is 4. The second-order valence-corrected chi connectivity index (χ2v) is 5.04. The standard InChI is InChI=1S/C17H18O4/c1-19-13-5-3-11(4-6-13)15-8-7-14-16(20-2)9-12(18)10-17(14)21-15/h3-6,9-10,15,18H,7-8H2,1-2H3/t15-/m0/s1. The molecule has 4 heteroatoms. The van der Waals surface area contributed by atoms with E-state index in [2.05, 4.69) is 0 Å². The molecular formula is C17H18O4. The van der Waals surface area contributed by atoms with Crippen LogP contribution >= 0.6 is 0 Å². The molecule has 1 aliphatic rings. The Morgan fingerprint density at radius 3 is 2.52 bits per heavy atom. The molecule has 0 saturated carbocycles. The van der Waals surface area contributed by atoms with Crippen LogP contribution in [0.3, 0.4) is 0 Å². The molecule has 0 amide bonds. The molecule has 4 nitrogen and oxygen atoms in total. The molecule has 21 heavy (non-hydrogen) atoms. The average Bonchev–Trinajstić information content (AvgIpc) is 2.53. The van der Waals surface area contributed by atoms with Gasteiger partial charge in [0.25, 0.3) is 0 Å². The first-order valence-corrected chi connectivity index (χ1v) is 6.91. The number of rotatable bonds is 3. The van der Waals surface area contributed by atoms with E-state index in [-0.39, 0.29) is 11.9 Å². The lowest BCUT2D eigenvalue weighted by Gasteiger charge is -2.27. The minimum absolute atomic E-state index is 0.0186. The molecule has 0 aliphatic carbocycles. The number of methoxy groups -OCH3 is 2. The van der Waals surface area contributed by atoms with Gasteiger partial charge in [0.15, 0.2) is 0 Å². The van der Waals surface area contributed by atoms with Gasteiger partial charge in [0.05, 0.1) is 14.2 Å². The van der Waals surface area contributed by atoms with Gasteiger partial charge in [0.2, 0.25) is 0 Å². The van der Waals surface area contributed by atoms with Crippen LogP contribution in [-0.2, 0) is 6.42 Å². The van der Waals surface area contributed by atoms with Crippen LogP contribution < -0.4 is 14.2 Å². The summed E-state index contributed by atoms with van der Waals surface area (Å²) < 4.78 is 16.5. The molecule has 1 N–H and O–H groups in total. The normalized spacial score (nSPS) is 16.8. The van der Waals surface area contributed by atoms with Crippen molar-refractivity contribution in [1.29, 1.82) is 0 Å². The number of benzene rings is 2. The van der Waals surface area contributed by atoms with Crippen LogP contribution in [0.15, 0.2) is 36.4 Å². The summed E-state index contributed by atoms with van der Waals surface area (Å²) in [5.74, 6) is 2.35. The summed E-state index contributed by atoms with van der Waals surface area (Å²) in [7, 11) is 3.25. The van der Waals surface area contributed by atoms with Crippen LogP contribution in [0.5, 0.6) is 23.0 Å². The van der Waals surface area contributed by atoms with Crippen LogP contribution in [0.25, 0.3) is 0 Å². The largest absolute Gasteiger partial charge is 0.508 e. The van der Waals surface area contributed by atoms with Crippen molar-refractivity contribution < 1.29 is 19.3 Å². The fourth-order valence-corrected chi connectivity index (χ4v) is 2.68. The molecule has 2 aromatic carbocycles. The van der Waals surface area contributed by atoms with Crippen LogP contribution in [0.1, 0.15) is 23.7 Å². The van der Waals surface area contributed by atoms with Crippen molar-refractivity contribution in [1.82, 2.24) is 0 Å². The first kappa shape index (κ1) is 13.6. The van der Waals surface area contributed by atoms with E-state index in [0.717, 1.165) is 29.7 Å². The zero-order valence-electron chi connectivity index (χ0n) is 12.1. The van der Waals surface area contributed by atoms with E-state index in [9.17, 15) is 5.11 Å². The summed E-state index contributed by atoms with van der Waals surface area (Å²) in [6, 6.07) is 11.1. The Bertz CT molecular complexity index is 634. The Balaban J connectivity index is 1.88. The summed E-state index contributed by atoms with van der Waals surface area (Å²) in [4.78, 5) is 0. The van der Waals surface area contributed by atoms with Gasteiger partial charge in [-0.1, -0.05) is 12.1 Å². The average molecular weight is 286 g/mol. The van der Waals surface area contributed by atoms with E-state index in [1.54, 1.807) is 26.4 Å². The fourth-order valence-electron chi connectivity index (χ4n) is 2.68. The van der Waals surface area contributed by atoms with Crippen molar-refractivity contribution in [2.24, 2.45) is 0 Å². The molecule has 3 rings (SSSR count). The Labute approximate surface area is 123 Å². The van der Waals surface area contributed by atoms with Gasteiger partial charge in [-0.15, -0.1) is 0 Å². The summed E-state index contributed by atoms with van der Waals surface area (Å²) in [5, 5.41) is 9.75. The van der Waals surface area contributed by atoms with Crippen molar-refractivity contribution in [3.8, 4) is 23.0 Å². The van der Waals surface area contributed by atoms with Crippen LogP contribution in [0.4, 0.5) is 0 Å². The van der Waals surface area contributed by atoms with Crippen LogP contribution in [0, 0.1) is 0 Å². The molecule has 0 bridgehead atoms. The van der Waals surface area contributed by atoms with Gasteiger partial charge in [-0.05, 0) is 30.5 Å². The lowest BCUT2D eigenvalue weighted by Crippen LogP contribution is -2.15. The van der Waals surface area contributed by atoms with E-state index in [0.29, 0.717) is 11.5 Å². The summed E-state index contributed by atoms with van der Waals surface area (Å²) in [6.07, 6.45) is 1.71. The van der Waals surface area contributed by atoms with Gasteiger partial charge in [-0.25, -0.2) is 0 Å². The second kappa shape index (κ2) is 5.56. The molecule has 1 aliphatic heterocycles. The highest BCUT2D eigenvalue weighted by Gasteiger charge is 2.24. The second-order valence-electron chi connectivity index (χ2n) is 5.04. The number of phenols is 1. The van der Waals surface area contributed by atoms with Gasteiger partial charge in [0.1, 0.15) is 29.1 Å². The molecule has 0 fully saturated rings. The Hall–Kier alpha value is -2.36. The van der Waals surface area contributed by atoms with Crippen molar-refractivity contribution in [2.45, 2.75) is 18.9 Å². The topological polar surface area (TPSA) is 47.9 Å². The van der Waals surface area contributed by atoms with Crippen molar-refractivity contribution in [3.05, 3.63) is 47.5 Å². The van der Waals surface area contributed by atoms with Crippen molar-refractivity contribution in [3.63, 3.8) is 0 Å². The summed E-state index contributed by atoms with van der Waals surface area (Å²) >= 11 is 0. The number of fused-ring (bicyclic) bond motifs is 1. The minimum atomic E-state index is -0.0186. The molecule has 1 atom stereocenters. The molecule has 0 unspecified atom stereocenters. The smallest absolute Gasteiger partial charge is 0.130 e. The van der Waals surface area contributed by atoms with Gasteiger partial charge in [-0.2, -0.15) is 0 Å². The Morgan fingerprint density at radius 1 is 1.10 bits per heavy atom. The highest BCUT2D eigenvalue weighted by atomic mass is 16.5. The third-order valence-electron chi connectivity index (χ3n) is 3.79. The predicted octanol–water partition coefficient (Wildman–Crippen LogP) is 3.48. The van der Waals surface area contributed by atoms with E-state index in [1.165, 1.54) is 0 Å². The summed E-state index contributed by atoms with van der Waals surface area (Å²) in [5.41, 5.74) is 2.11. The molecule has 1 heterocycles. The lowest BCUT2D eigenvalue weighted by atomic mass is 9.96. The first-order chi connectivity index (χ1) is 10.2. The predicted molar refractivity (Wildman–Crippen MR) is 79.3 cm³/mol. The minimum Gasteiger partial charge on any atom is -0.508 e. The van der Waals surface area contributed by atoms with E-state index in [1.807, 2.05) is 24.3 Å². The van der Waals surface area contributed by atoms with E-state index >= 15 is 0 Å². The monoisotopic (exact) mass is 286 g/mol. The molecule has 0 radical (unpaired) electrons. The third-order valence-corrected chi connectivity index (χ3v) is 3.79. The number of aromatic hydroxyl groups is 1. The van der Waals surface area contributed by atoms with Crippen molar-refractivity contribution >= 4 is 0 Å². The Morgan fingerprint density at radius 2 is 1.86 bits per heavy atom. The van der Waals surface area contributed by atoms with Crippen LogP contribution in [-0.4, -0.2) is 19.3 Å². The maximum absolute atomic E-state index is 9.75. The highest BCUT2D eigenvalue weighted by molar-refractivity contribution is 5.51. The zero-order chi connectivity index (χ0) is 14.8. The van der Waals surface area contributed by atoms with Gasteiger partial charge >= 0.3 is 0 Å². The fraction of sp³-hybridized carbons (Fsp3) is 0.294. The molecule has 2 aromatic rings. The molecule has 0 saturated heterocycles. The molecule has 110 valence electrons. The molecule has 0 aromatic heterocycles. The van der Waals surface area contributed by atoms with Gasteiger partial charge < -0.3 is 19.3 Å². The number of phenolic OH excluding ortho intramolecular Hbond substituents is 1. The van der Waals surface area contributed by atoms with E-state index in [4.69, 9.17) is 14.2 Å². The first-order valence-electron chi connectivity index (χ1n) is 6.91. The number of hydrogen-bond donors (Lipinski definition) is 1. The SMILES string of the molecule is COc1ccc([C@@H]2CCc3c(OC)cc(O)cc3O2)cc1. The summed E-state index contributed by atoms with van der Waals surface area (Å²) in [6.45, 7) is 0.